The van der Waals surface area contributed by atoms with Gasteiger partial charge in [0.25, 0.3) is 0 Å². The van der Waals surface area contributed by atoms with E-state index >= 15 is 0 Å². The van der Waals surface area contributed by atoms with Crippen molar-refractivity contribution in [2.45, 2.75) is 37.1 Å². The minimum absolute atomic E-state index is 0.0839. The van der Waals surface area contributed by atoms with Gasteiger partial charge < -0.3 is 9.47 Å². The van der Waals surface area contributed by atoms with E-state index in [-0.39, 0.29) is 11.4 Å². The van der Waals surface area contributed by atoms with E-state index < -0.39 is 22.0 Å². The Labute approximate surface area is 166 Å². The number of carbonyl (C=O) groups excluding carboxylic acids is 1. The van der Waals surface area contributed by atoms with Gasteiger partial charge in [-0.25, -0.2) is 8.42 Å². The Morgan fingerprint density at radius 2 is 2.07 bits per heavy atom. The molecule has 150 valence electrons. The summed E-state index contributed by atoms with van der Waals surface area (Å²) in [6.45, 7) is 3.03. The molecule has 0 spiro atoms. The smallest absolute Gasteiger partial charge is 0.244 e. The Bertz CT molecular complexity index is 991. The first-order chi connectivity index (χ1) is 13.5. The van der Waals surface area contributed by atoms with Gasteiger partial charge in [0.05, 0.1) is 4.90 Å². The lowest BCUT2D eigenvalue weighted by Crippen LogP contribution is -2.43. The zero-order chi connectivity index (χ0) is 19.7. The van der Waals surface area contributed by atoms with Crippen LogP contribution in [0.2, 0.25) is 0 Å². The number of fused-ring (bicyclic) bond motifs is 1. The number of ether oxygens (including phenoxy) is 2. The molecule has 1 N–H and O–H groups in total. The maximum atomic E-state index is 13.2. The van der Waals surface area contributed by atoms with Crippen molar-refractivity contribution in [1.29, 1.82) is 0 Å². The maximum absolute atomic E-state index is 13.2. The van der Waals surface area contributed by atoms with Crippen LogP contribution in [-0.2, 0) is 21.2 Å². The van der Waals surface area contributed by atoms with E-state index in [0.717, 1.165) is 11.4 Å². The van der Waals surface area contributed by atoms with E-state index in [2.05, 4.69) is 15.5 Å². The van der Waals surface area contributed by atoms with Gasteiger partial charge in [-0.15, -0.1) is 10.2 Å². The Morgan fingerprint density at radius 3 is 2.82 bits per heavy atom. The molecule has 28 heavy (non-hydrogen) atoms. The first-order valence-corrected chi connectivity index (χ1v) is 11.3. The molecule has 1 fully saturated rings. The van der Waals surface area contributed by atoms with Crippen LogP contribution in [0.1, 0.15) is 24.8 Å². The van der Waals surface area contributed by atoms with Gasteiger partial charge in [0, 0.05) is 12.6 Å². The lowest BCUT2D eigenvalue weighted by molar-refractivity contribution is -0.119. The highest BCUT2D eigenvalue weighted by atomic mass is 32.2. The number of nitrogens with one attached hydrogen (secondary N) is 1. The second-order valence-corrected chi connectivity index (χ2v) is 9.38. The van der Waals surface area contributed by atoms with Crippen molar-refractivity contribution in [3.8, 4) is 11.5 Å². The fraction of sp³-hybridized carbons (Fsp3) is 0.471. The molecule has 2 aromatic rings. The fourth-order valence-corrected chi connectivity index (χ4v) is 5.60. The highest BCUT2D eigenvalue weighted by Gasteiger charge is 2.40. The molecule has 0 bridgehead atoms. The van der Waals surface area contributed by atoms with Crippen molar-refractivity contribution < 1.29 is 22.7 Å². The molecule has 2 aliphatic heterocycles. The Balaban J connectivity index is 1.55. The summed E-state index contributed by atoms with van der Waals surface area (Å²) >= 11 is 1.29. The van der Waals surface area contributed by atoms with Crippen molar-refractivity contribution in [3.05, 3.63) is 23.2 Å². The number of anilines is 1. The monoisotopic (exact) mass is 424 g/mol. The highest BCUT2D eigenvalue weighted by Crippen LogP contribution is 2.35. The minimum Gasteiger partial charge on any atom is -0.486 e. The zero-order valence-electron chi connectivity index (χ0n) is 15.3. The third-order valence-electron chi connectivity index (χ3n) is 4.63. The lowest BCUT2D eigenvalue weighted by Gasteiger charge is -2.24. The third-order valence-corrected chi connectivity index (χ3v) is 7.51. The van der Waals surface area contributed by atoms with Gasteiger partial charge in [0.15, 0.2) is 11.5 Å². The summed E-state index contributed by atoms with van der Waals surface area (Å²) in [6.07, 6.45) is 1.79. The summed E-state index contributed by atoms with van der Waals surface area (Å²) in [6, 6.07) is 3.73. The van der Waals surface area contributed by atoms with Crippen LogP contribution in [0.25, 0.3) is 0 Å². The van der Waals surface area contributed by atoms with Crippen LogP contribution in [0, 0.1) is 0 Å². The van der Waals surface area contributed by atoms with E-state index in [4.69, 9.17) is 9.47 Å². The van der Waals surface area contributed by atoms with Crippen LogP contribution < -0.4 is 14.8 Å². The number of aryl methyl sites for hydroxylation is 1. The number of hydrogen-bond donors (Lipinski definition) is 1. The van der Waals surface area contributed by atoms with Crippen LogP contribution in [-0.4, -0.2) is 54.6 Å². The SMILES string of the molecule is CCc1nnc(NC(=O)[C@H]2CCCN2S(=O)(=O)c2ccc3c(c2)OCCO3)s1. The molecular weight excluding hydrogens is 404 g/mol. The average molecular weight is 425 g/mol. The van der Waals surface area contributed by atoms with Gasteiger partial charge in [-0.05, 0) is 31.4 Å². The van der Waals surface area contributed by atoms with Gasteiger partial charge in [0.1, 0.15) is 24.3 Å². The number of rotatable bonds is 5. The van der Waals surface area contributed by atoms with E-state index in [1.165, 1.54) is 27.8 Å². The van der Waals surface area contributed by atoms with Gasteiger partial charge in [0.2, 0.25) is 21.1 Å². The molecule has 11 heteroatoms. The van der Waals surface area contributed by atoms with Crippen LogP contribution >= 0.6 is 11.3 Å². The normalized spacial score (nSPS) is 19.5. The Kier molecular flexibility index (Phi) is 5.21. The van der Waals surface area contributed by atoms with E-state index in [1.807, 2.05) is 6.92 Å². The van der Waals surface area contributed by atoms with Crippen LogP contribution in [0.5, 0.6) is 11.5 Å². The molecule has 1 aromatic heterocycles. The number of carbonyl (C=O) groups is 1. The van der Waals surface area contributed by atoms with Crippen molar-refractivity contribution in [2.75, 3.05) is 25.1 Å². The predicted molar refractivity (Wildman–Crippen MR) is 102 cm³/mol. The van der Waals surface area contributed by atoms with Crippen molar-refractivity contribution in [2.24, 2.45) is 0 Å². The molecule has 9 nitrogen and oxygen atoms in total. The molecule has 1 atom stereocenters. The first-order valence-electron chi connectivity index (χ1n) is 9.04. The summed E-state index contributed by atoms with van der Waals surface area (Å²) < 4.78 is 38.5. The van der Waals surface area contributed by atoms with Crippen LogP contribution in [0.15, 0.2) is 23.1 Å². The zero-order valence-corrected chi connectivity index (χ0v) is 16.9. The van der Waals surface area contributed by atoms with Crippen molar-refractivity contribution in [3.63, 3.8) is 0 Å². The summed E-state index contributed by atoms with van der Waals surface area (Å²) in [7, 11) is -3.85. The third kappa shape index (κ3) is 3.56. The topological polar surface area (TPSA) is 111 Å². The molecule has 0 unspecified atom stereocenters. The van der Waals surface area contributed by atoms with Gasteiger partial charge in [-0.1, -0.05) is 18.3 Å². The molecule has 1 aromatic carbocycles. The number of amides is 1. The largest absolute Gasteiger partial charge is 0.486 e. The molecule has 0 aliphatic carbocycles. The molecule has 0 saturated carbocycles. The van der Waals surface area contributed by atoms with E-state index in [0.29, 0.717) is 42.7 Å². The second kappa shape index (κ2) is 7.64. The van der Waals surface area contributed by atoms with Gasteiger partial charge >= 0.3 is 0 Å². The highest BCUT2D eigenvalue weighted by molar-refractivity contribution is 7.89. The fourth-order valence-electron chi connectivity index (χ4n) is 3.25. The first kappa shape index (κ1) is 19.1. The molecular formula is C17H20N4O5S2. The molecule has 0 radical (unpaired) electrons. The molecule has 4 rings (SSSR count). The van der Waals surface area contributed by atoms with E-state index in [1.54, 1.807) is 6.07 Å². The van der Waals surface area contributed by atoms with Crippen molar-refractivity contribution >= 4 is 32.4 Å². The summed E-state index contributed by atoms with van der Waals surface area (Å²) in [5.74, 6) is 0.523. The van der Waals surface area contributed by atoms with Crippen LogP contribution in [0.3, 0.4) is 0 Å². The summed E-state index contributed by atoms with van der Waals surface area (Å²) in [5.41, 5.74) is 0. The maximum Gasteiger partial charge on any atom is 0.244 e. The average Bonchev–Trinajstić information content (AvgIpc) is 3.37. The second-order valence-electron chi connectivity index (χ2n) is 6.42. The number of aromatic nitrogens is 2. The predicted octanol–water partition coefficient (Wildman–Crippen LogP) is 1.66. The summed E-state index contributed by atoms with van der Waals surface area (Å²) in [4.78, 5) is 12.8. The van der Waals surface area contributed by atoms with Gasteiger partial charge in [-0.2, -0.15) is 4.31 Å². The van der Waals surface area contributed by atoms with Crippen LogP contribution in [0.4, 0.5) is 5.13 Å². The Morgan fingerprint density at radius 1 is 1.29 bits per heavy atom. The quantitative estimate of drug-likeness (QED) is 0.777. The number of nitrogens with zero attached hydrogens (tertiary/aromatic N) is 3. The number of benzene rings is 1. The number of hydrogen-bond acceptors (Lipinski definition) is 8. The van der Waals surface area contributed by atoms with E-state index in [9.17, 15) is 13.2 Å². The molecule has 1 amide bonds. The molecule has 3 heterocycles. The van der Waals surface area contributed by atoms with Crippen molar-refractivity contribution in [1.82, 2.24) is 14.5 Å². The minimum atomic E-state index is -3.85. The van der Waals surface area contributed by atoms with Gasteiger partial charge in [-0.3, -0.25) is 10.1 Å². The lowest BCUT2D eigenvalue weighted by atomic mass is 10.2. The Hall–Kier alpha value is -2.24. The number of sulfonamides is 1. The standard InChI is InChI=1S/C17H20N4O5S2/c1-2-15-19-20-17(27-15)18-16(22)12-4-3-7-21(12)28(23,24)11-5-6-13-14(10-11)26-9-8-25-13/h5-6,10,12H,2-4,7-9H2,1H3,(H,18,20,22)/t12-/m1/s1. The molecule has 2 aliphatic rings. The summed E-state index contributed by atoms with van der Waals surface area (Å²) in [5, 5.41) is 11.8. The molecule has 1 saturated heterocycles.